The maximum absolute atomic E-state index is 13.1. The molecule has 39 heavy (non-hydrogen) atoms. The molecule has 0 spiro atoms. The summed E-state index contributed by atoms with van der Waals surface area (Å²) in [4.78, 5) is 66.5. The number of hydrogen-bond donors (Lipinski definition) is 1. The van der Waals surface area contributed by atoms with Crippen LogP contribution in [0.5, 0.6) is 0 Å². The molecule has 0 radical (unpaired) electrons. The molecule has 2 fully saturated rings. The van der Waals surface area contributed by atoms with E-state index in [9.17, 15) is 24.0 Å². The number of nitrogens with zero attached hydrogens (tertiary/aromatic N) is 3. The zero-order valence-corrected chi connectivity index (χ0v) is 23.2. The summed E-state index contributed by atoms with van der Waals surface area (Å²) in [5.74, 6) is -2.22. The molecule has 0 saturated carbocycles. The molecule has 2 aliphatic rings. The Morgan fingerprint density at radius 1 is 1.13 bits per heavy atom. The number of imide groups is 1. The van der Waals surface area contributed by atoms with Gasteiger partial charge in [0.2, 0.25) is 0 Å². The average Bonchev–Trinajstić information content (AvgIpc) is 3.51. The molecule has 1 aromatic heterocycles. The van der Waals surface area contributed by atoms with E-state index in [1.807, 2.05) is 0 Å². The number of nitrogens with one attached hydrogen (secondary N) is 1. The lowest BCUT2D eigenvalue weighted by Crippen LogP contribution is -2.45. The molecule has 2 saturated heterocycles. The third kappa shape index (κ3) is 7.46. The van der Waals surface area contributed by atoms with E-state index in [2.05, 4.69) is 5.32 Å². The van der Waals surface area contributed by atoms with Crippen molar-refractivity contribution >= 4 is 76.5 Å². The molecule has 2 aliphatic heterocycles. The number of hydrogen-bond acceptors (Lipinski definition) is 10. The Balaban J connectivity index is 0.00000420. The molecule has 0 unspecified atom stereocenters. The van der Waals surface area contributed by atoms with Crippen LogP contribution in [0.2, 0.25) is 4.34 Å². The van der Waals surface area contributed by atoms with Crippen molar-refractivity contribution in [1.82, 2.24) is 10.2 Å². The Kier molecular flexibility index (Phi) is 10.7. The minimum atomic E-state index is -0.834. The van der Waals surface area contributed by atoms with Crippen molar-refractivity contribution in [3.8, 4) is 0 Å². The van der Waals surface area contributed by atoms with Gasteiger partial charge in [-0.1, -0.05) is 11.6 Å². The molecule has 1 aromatic carbocycles. The van der Waals surface area contributed by atoms with Gasteiger partial charge in [0.25, 0.3) is 17.7 Å². The van der Waals surface area contributed by atoms with Crippen LogP contribution in [0.3, 0.4) is 0 Å². The van der Waals surface area contributed by atoms with Crippen molar-refractivity contribution in [2.75, 3.05) is 62.8 Å². The number of halogens is 2. The molecule has 210 valence electrons. The van der Waals surface area contributed by atoms with Crippen molar-refractivity contribution in [2.45, 2.75) is 6.10 Å². The van der Waals surface area contributed by atoms with Crippen LogP contribution in [0.15, 0.2) is 36.4 Å². The number of morpholine rings is 1. The highest BCUT2D eigenvalue weighted by Gasteiger charge is 2.37. The number of amides is 4. The summed E-state index contributed by atoms with van der Waals surface area (Å²) in [7, 11) is 1.55. The van der Waals surface area contributed by atoms with Gasteiger partial charge in [-0.2, -0.15) is 0 Å². The Bertz CT molecular complexity index is 1220. The van der Waals surface area contributed by atoms with Crippen molar-refractivity contribution in [3.63, 3.8) is 0 Å². The summed E-state index contributed by atoms with van der Waals surface area (Å²) in [5, 5.41) is 2.61. The number of likely N-dealkylation sites (N-methyl/N-ethyl adjacent to an activating group) is 1. The summed E-state index contributed by atoms with van der Waals surface area (Å²) < 4.78 is 15.9. The monoisotopic (exact) mass is 600 g/mol. The van der Waals surface area contributed by atoms with Gasteiger partial charge in [-0.05, 0) is 43.4 Å². The SMILES string of the molecule is CNCC(=O)OCC(=O)N(C[C@H]1CN(c2ccc(N3CCOCC3=O)cc2)C(=O)O1)C(=O)c1ccc(Cl)s1.Cl. The van der Waals surface area contributed by atoms with Gasteiger partial charge < -0.3 is 24.4 Å². The highest BCUT2D eigenvalue weighted by atomic mass is 35.5. The minimum Gasteiger partial charge on any atom is -0.455 e. The molecule has 4 rings (SSSR count). The lowest BCUT2D eigenvalue weighted by Gasteiger charge is -2.27. The van der Waals surface area contributed by atoms with Crippen LogP contribution in [0.25, 0.3) is 0 Å². The number of thiophene rings is 1. The lowest BCUT2D eigenvalue weighted by molar-refractivity contribution is -0.150. The molecule has 1 atom stereocenters. The Morgan fingerprint density at radius 3 is 2.44 bits per heavy atom. The number of carbonyl (C=O) groups is 5. The van der Waals surface area contributed by atoms with Gasteiger partial charge in [0, 0.05) is 17.9 Å². The second-order valence-corrected chi connectivity index (χ2v) is 10.1. The van der Waals surface area contributed by atoms with E-state index in [0.717, 1.165) is 16.2 Å². The Hall–Kier alpha value is -3.23. The third-order valence-electron chi connectivity index (χ3n) is 5.73. The van der Waals surface area contributed by atoms with Gasteiger partial charge in [-0.25, -0.2) is 4.79 Å². The number of carbonyl (C=O) groups excluding carboxylic acids is 5. The van der Waals surface area contributed by atoms with Crippen LogP contribution in [-0.4, -0.2) is 93.8 Å². The number of rotatable bonds is 9. The topological polar surface area (TPSA) is 135 Å². The second-order valence-electron chi connectivity index (χ2n) is 8.34. The van der Waals surface area contributed by atoms with Gasteiger partial charge in [0.15, 0.2) is 6.61 Å². The molecule has 1 N–H and O–H groups in total. The number of ether oxygens (including phenoxy) is 3. The van der Waals surface area contributed by atoms with Gasteiger partial charge in [0.05, 0.1) is 35.5 Å². The standard InChI is InChI=1S/C24H25ClN4O8S.ClH/c1-26-10-22(32)36-14-21(31)29(23(33)18-6-7-19(25)38-18)12-17-11-28(24(34)37-17)16-4-2-15(3-5-16)27-8-9-35-13-20(27)30;/h2-7,17,26H,8-14H2,1H3;1H/t17-;/m1./s1. The first kappa shape index (κ1) is 30.3. The molecule has 2 aromatic rings. The molecule has 4 amide bonds. The maximum atomic E-state index is 13.1. The first-order chi connectivity index (χ1) is 18.3. The Labute approximate surface area is 239 Å². The maximum Gasteiger partial charge on any atom is 0.414 e. The van der Waals surface area contributed by atoms with E-state index in [4.69, 9.17) is 25.8 Å². The van der Waals surface area contributed by atoms with E-state index >= 15 is 0 Å². The fourth-order valence-corrected chi connectivity index (χ4v) is 4.90. The summed E-state index contributed by atoms with van der Waals surface area (Å²) in [6, 6.07) is 9.82. The van der Waals surface area contributed by atoms with E-state index in [1.54, 1.807) is 36.2 Å². The van der Waals surface area contributed by atoms with Gasteiger partial charge in [-0.3, -0.25) is 29.0 Å². The second kappa shape index (κ2) is 13.7. The molecule has 15 heteroatoms. The van der Waals surface area contributed by atoms with Gasteiger partial charge >= 0.3 is 12.1 Å². The minimum absolute atomic E-state index is 0. The highest BCUT2D eigenvalue weighted by Crippen LogP contribution is 2.27. The Morgan fingerprint density at radius 2 is 1.82 bits per heavy atom. The van der Waals surface area contributed by atoms with Crippen LogP contribution < -0.4 is 15.1 Å². The normalized spacial score (nSPS) is 16.9. The first-order valence-corrected chi connectivity index (χ1v) is 12.8. The van der Waals surface area contributed by atoms with Gasteiger partial charge in [0.1, 0.15) is 12.7 Å². The predicted molar refractivity (Wildman–Crippen MR) is 145 cm³/mol. The van der Waals surface area contributed by atoms with E-state index < -0.39 is 36.6 Å². The average molecular weight is 601 g/mol. The number of benzene rings is 1. The van der Waals surface area contributed by atoms with Crippen LogP contribution >= 0.6 is 35.3 Å². The first-order valence-electron chi connectivity index (χ1n) is 11.6. The molecule has 0 bridgehead atoms. The summed E-state index contributed by atoms with van der Waals surface area (Å²) in [6.07, 6.45) is -1.48. The summed E-state index contributed by atoms with van der Waals surface area (Å²) in [5.41, 5.74) is 1.20. The smallest absolute Gasteiger partial charge is 0.414 e. The zero-order chi connectivity index (χ0) is 27.2. The molecular weight excluding hydrogens is 575 g/mol. The largest absolute Gasteiger partial charge is 0.455 e. The molecule has 0 aliphatic carbocycles. The number of esters is 1. The van der Waals surface area contributed by atoms with E-state index in [0.29, 0.717) is 28.9 Å². The van der Waals surface area contributed by atoms with Crippen molar-refractivity contribution in [3.05, 3.63) is 45.6 Å². The highest BCUT2D eigenvalue weighted by molar-refractivity contribution is 7.18. The summed E-state index contributed by atoms with van der Waals surface area (Å²) in [6.45, 7) is -0.0531. The lowest BCUT2D eigenvalue weighted by atomic mass is 10.2. The van der Waals surface area contributed by atoms with Crippen LogP contribution in [0.4, 0.5) is 16.2 Å². The quantitative estimate of drug-likeness (QED) is 0.428. The number of cyclic esters (lactones) is 1. The van der Waals surface area contributed by atoms with Crippen molar-refractivity contribution in [2.24, 2.45) is 0 Å². The fourth-order valence-electron chi connectivity index (χ4n) is 3.91. The van der Waals surface area contributed by atoms with Crippen LogP contribution in [-0.2, 0) is 28.6 Å². The fraction of sp³-hybridized carbons (Fsp3) is 0.375. The van der Waals surface area contributed by atoms with E-state index in [1.165, 1.54) is 17.0 Å². The van der Waals surface area contributed by atoms with Crippen molar-refractivity contribution in [1.29, 1.82) is 0 Å². The third-order valence-corrected chi connectivity index (χ3v) is 6.95. The van der Waals surface area contributed by atoms with Crippen LogP contribution in [0.1, 0.15) is 9.67 Å². The van der Waals surface area contributed by atoms with E-state index in [-0.39, 0.29) is 49.4 Å². The molecule has 12 nitrogen and oxygen atoms in total. The van der Waals surface area contributed by atoms with Gasteiger partial charge in [-0.15, -0.1) is 23.7 Å². The van der Waals surface area contributed by atoms with Crippen molar-refractivity contribution < 1.29 is 38.2 Å². The molecule has 3 heterocycles. The van der Waals surface area contributed by atoms with Crippen LogP contribution in [0, 0.1) is 0 Å². The zero-order valence-electron chi connectivity index (χ0n) is 20.8. The molecular formula is C24H26Cl2N4O8S. The number of anilines is 2. The predicted octanol–water partition coefficient (Wildman–Crippen LogP) is 1.94. The summed E-state index contributed by atoms with van der Waals surface area (Å²) >= 11 is 6.95.